The number of nitrogens with zero attached hydrogens (tertiary/aromatic N) is 1. The molecular formula is C16H17ClF3N3O2S. The first kappa shape index (κ1) is 20.6. The Morgan fingerprint density at radius 2 is 2.08 bits per heavy atom. The molecule has 1 unspecified atom stereocenters. The molecule has 1 amide bonds. The van der Waals surface area contributed by atoms with Crippen LogP contribution in [0.4, 0.5) is 13.2 Å². The molecule has 5 nitrogen and oxygen atoms in total. The van der Waals surface area contributed by atoms with Crippen molar-refractivity contribution in [3.05, 3.63) is 40.9 Å². The minimum absolute atomic E-state index is 0. The van der Waals surface area contributed by atoms with E-state index in [4.69, 9.17) is 4.74 Å². The lowest BCUT2D eigenvalue weighted by atomic mass is 10.1. The fraction of sp³-hybridized carbons (Fsp3) is 0.375. The molecule has 1 fully saturated rings. The predicted molar refractivity (Wildman–Crippen MR) is 94.3 cm³/mol. The zero-order valence-electron chi connectivity index (χ0n) is 13.5. The molecule has 1 aliphatic rings. The van der Waals surface area contributed by atoms with Gasteiger partial charge in [0.15, 0.2) is 0 Å². The van der Waals surface area contributed by atoms with Crippen LogP contribution >= 0.6 is 23.7 Å². The molecule has 26 heavy (non-hydrogen) atoms. The van der Waals surface area contributed by atoms with Crippen LogP contribution in [0.1, 0.15) is 11.3 Å². The number of alkyl halides is 3. The van der Waals surface area contributed by atoms with Gasteiger partial charge in [-0.2, -0.15) is 13.2 Å². The lowest BCUT2D eigenvalue weighted by molar-refractivity contribution is -0.137. The normalized spacial score (nSPS) is 17.4. The van der Waals surface area contributed by atoms with Gasteiger partial charge in [-0.3, -0.25) is 4.79 Å². The quantitative estimate of drug-likeness (QED) is 0.818. The average molecular weight is 408 g/mol. The molecule has 1 aliphatic heterocycles. The molecule has 0 spiro atoms. The maximum atomic E-state index is 12.6. The van der Waals surface area contributed by atoms with Gasteiger partial charge in [0.25, 0.3) is 0 Å². The van der Waals surface area contributed by atoms with Crippen LogP contribution in [0.5, 0.6) is 0 Å². The van der Waals surface area contributed by atoms with Crippen molar-refractivity contribution in [1.29, 1.82) is 0 Å². The number of hydrogen-bond donors (Lipinski definition) is 2. The molecular weight excluding hydrogens is 391 g/mol. The summed E-state index contributed by atoms with van der Waals surface area (Å²) >= 11 is 1.32. The van der Waals surface area contributed by atoms with Gasteiger partial charge in [-0.15, -0.1) is 23.7 Å². The number of thiazole rings is 1. The highest BCUT2D eigenvalue weighted by molar-refractivity contribution is 7.13. The number of nitrogens with one attached hydrogen (secondary N) is 2. The third-order valence-electron chi connectivity index (χ3n) is 3.69. The van der Waals surface area contributed by atoms with Gasteiger partial charge in [-0.25, -0.2) is 4.98 Å². The van der Waals surface area contributed by atoms with Crippen molar-refractivity contribution in [1.82, 2.24) is 15.6 Å². The Balaban J connectivity index is 0.00000243. The second kappa shape index (κ2) is 8.81. The molecule has 3 rings (SSSR count). The number of morpholine rings is 1. The van der Waals surface area contributed by atoms with E-state index in [2.05, 4.69) is 15.6 Å². The summed E-state index contributed by atoms with van der Waals surface area (Å²) in [6.45, 7) is 1.81. The van der Waals surface area contributed by atoms with E-state index in [9.17, 15) is 18.0 Å². The molecule has 142 valence electrons. The standard InChI is InChI=1S/C16H16F3N3O2S.ClH/c17-16(18,19)11-3-1-10(2-4-11)15-22-12(9-25-15)7-21-14(23)13-8-24-6-5-20-13;/h1-4,9,13,20H,5-8H2,(H,21,23);1H. The monoisotopic (exact) mass is 407 g/mol. The number of aromatic nitrogens is 1. The van der Waals surface area contributed by atoms with E-state index >= 15 is 0 Å². The number of carbonyl (C=O) groups excluding carboxylic acids is 1. The van der Waals surface area contributed by atoms with E-state index in [0.29, 0.717) is 36.0 Å². The van der Waals surface area contributed by atoms with E-state index in [1.807, 2.05) is 0 Å². The summed E-state index contributed by atoms with van der Waals surface area (Å²) in [5.74, 6) is -0.163. The Kier molecular flexibility index (Phi) is 6.99. The molecule has 1 aromatic carbocycles. The maximum absolute atomic E-state index is 12.6. The summed E-state index contributed by atoms with van der Waals surface area (Å²) in [5, 5.41) is 8.22. The van der Waals surface area contributed by atoms with Crippen molar-refractivity contribution in [3.8, 4) is 10.6 Å². The highest BCUT2D eigenvalue weighted by Crippen LogP contribution is 2.31. The number of hydrogen-bond acceptors (Lipinski definition) is 5. The van der Waals surface area contributed by atoms with Crippen molar-refractivity contribution >= 4 is 29.7 Å². The first-order valence-corrected chi connectivity index (χ1v) is 8.52. The maximum Gasteiger partial charge on any atom is 0.416 e. The molecule has 2 heterocycles. The Morgan fingerprint density at radius 3 is 2.69 bits per heavy atom. The number of ether oxygens (including phenoxy) is 1. The van der Waals surface area contributed by atoms with E-state index in [1.165, 1.54) is 23.5 Å². The van der Waals surface area contributed by atoms with Crippen LogP contribution in [-0.4, -0.2) is 36.7 Å². The average Bonchev–Trinajstić information content (AvgIpc) is 3.09. The zero-order chi connectivity index (χ0) is 17.9. The molecule has 0 radical (unpaired) electrons. The summed E-state index contributed by atoms with van der Waals surface area (Å²) in [5.41, 5.74) is 0.574. The van der Waals surface area contributed by atoms with Crippen molar-refractivity contribution in [3.63, 3.8) is 0 Å². The van der Waals surface area contributed by atoms with Crippen molar-refractivity contribution in [2.75, 3.05) is 19.8 Å². The highest BCUT2D eigenvalue weighted by atomic mass is 35.5. The summed E-state index contributed by atoms with van der Waals surface area (Å²) in [4.78, 5) is 16.4. The van der Waals surface area contributed by atoms with Crippen LogP contribution in [0.2, 0.25) is 0 Å². The molecule has 2 N–H and O–H groups in total. The smallest absolute Gasteiger partial charge is 0.378 e. The molecule has 1 saturated heterocycles. The lowest BCUT2D eigenvalue weighted by Gasteiger charge is -2.22. The number of halogens is 4. The number of amides is 1. The Morgan fingerprint density at radius 1 is 1.35 bits per heavy atom. The van der Waals surface area contributed by atoms with E-state index < -0.39 is 11.7 Å². The fourth-order valence-corrected chi connectivity index (χ4v) is 3.18. The van der Waals surface area contributed by atoms with Gasteiger partial charge in [-0.1, -0.05) is 12.1 Å². The van der Waals surface area contributed by atoms with Gasteiger partial charge in [0.2, 0.25) is 5.91 Å². The van der Waals surface area contributed by atoms with E-state index in [-0.39, 0.29) is 30.9 Å². The molecule has 0 saturated carbocycles. The van der Waals surface area contributed by atoms with Crippen molar-refractivity contribution < 1.29 is 22.7 Å². The van der Waals surface area contributed by atoms with Gasteiger partial charge in [-0.05, 0) is 12.1 Å². The second-order valence-electron chi connectivity index (χ2n) is 5.52. The summed E-state index contributed by atoms with van der Waals surface area (Å²) in [6.07, 6.45) is -4.35. The van der Waals surface area contributed by atoms with E-state index in [1.54, 1.807) is 5.38 Å². The number of carbonyl (C=O) groups is 1. The summed E-state index contributed by atoms with van der Waals surface area (Å²) in [6, 6.07) is 4.49. The Bertz CT molecular complexity index is 731. The van der Waals surface area contributed by atoms with Crippen LogP contribution in [-0.2, 0) is 22.3 Å². The molecule has 1 aromatic heterocycles. The van der Waals surface area contributed by atoms with Crippen LogP contribution in [0.25, 0.3) is 10.6 Å². The highest BCUT2D eigenvalue weighted by Gasteiger charge is 2.30. The summed E-state index contributed by atoms with van der Waals surface area (Å²) < 4.78 is 43.0. The summed E-state index contributed by atoms with van der Waals surface area (Å²) in [7, 11) is 0. The Labute approximate surface area is 158 Å². The van der Waals surface area contributed by atoms with Crippen LogP contribution in [0.3, 0.4) is 0 Å². The Hall–Kier alpha value is -1.68. The van der Waals surface area contributed by atoms with Gasteiger partial charge >= 0.3 is 6.18 Å². The molecule has 2 aromatic rings. The minimum Gasteiger partial charge on any atom is -0.378 e. The minimum atomic E-state index is -4.35. The predicted octanol–water partition coefficient (Wildman–Crippen LogP) is 2.86. The molecule has 10 heteroatoms. The van der Waals surface area contributed by atoms with Crippen LogP contribution < -0.4 is 10.6 Å². The van der Waals surface area contributed by atoms with Crippen LogP contribution in [0.15, 0.2) is 29.6 Å². The first-order chi connectivity index (χ1) is 11.9. The molecule has 1 atom stereocenters. The van der Waals surface area contributed by atoms with Gasteiger partial charge in [0, 0.05) is 17.5 Å². The largest absolute Gasteiger partial charge is 0.416 e. The second-order valence-corrected chi connectivity index (χ2v) is 6.38. The van der Waals surface area contributed by atoms with Gasteiger partial charge < -0.3 is 15.4 Å². The number of rotatable bonds is 4. The zero-order valence-corrected chi connectivity index (χ0v) is 15.1. The van der Waals surface area contributed by atoms with Crippen molar-refractivity contribution in [2.45, 2.75) is 18.8 Å². The topological polar surface area (TPSA) is 63.2 Å². The van der Waals surface area contributed by atoms with Crippen molar-refractivity contribution in [2.24, 2.45) is 0 Å². The SMILES string of the molecule is Cl.O=C(NCc1csc(-c2ccc(C(F)(F)F)cc2)n1)C1COCCN1. The lowest BCUT2D eigenvalue weighted by Crippen LogP contribution is -2.51. The molecule has 0 aliphatic carbocycles. The first-order valence-electron chi connectivity index (χ1n) is 7.64. The van der Waals surface area contributed by atoms with Gasteiger partial charge in [0.1, 0.15) is 11.0 Å². The molecule has 0 bridgehead atoms. The third-order valence-corrected chi connectivity index (χ3v) is 4.63. The van der Waals surface area contributed by atoms with E-state index in [0.717, 1.165) is 12.1 Å². The van der Waals surface area contributed by atoms with Gasteiger partial charge in [0.05, 0.1) is 31.0 Å². The van der Waals surface area contributed by atoms with Crippen LogP contribution in [0, 0.1) is 0 Å². The number of benzene rings is 1. The third kappa shape index (κ3) is 5.16. The fourth-order valence-electron chi connectivity index (χ4n) is 2.36.